The van der Waals surface area contributed by atoms with Gasteiger partial charge >= 0.3 is 0 Å². The van der Waals surface area contributed by atoms with Gasteiger partial charge in [-0.2, -0.15) is 0 Å². The van der Waals surface area contributed by atoms with Gasteiger partial charge in [-0.3, -0.25) is 0 Å². The fourth-order valence-corrected chi connectivity index (χ4v) is 0.921. The minimum absolute atomic E-state index is 0.157. The summed E-state index contributed by atoms with van der Waals surface area (Å²) in [6.45, 7) is 4.27. The third-order valence-corrected chi connectivity index (χ3v) is 1.64. The lowest BCUT2D eigenvalue weighted by molar-refractivity contribution is 0.299. The van der Waals surface area contributed by atoms with Crippen LogP contribution in [0.25, 0.3) is 0 Å². The Hall–Kier alpha value is -0.960. The van der Waals surface area contributed by atoms with E-state index in [1.165, 1.54) is 0 Å². The molecule has 0 saturated carbocycles. The van der Waals surface area contributed by atoms with Crippen LogP contribution in [0, 0.1) is 0 Å². The van der Waals surface area contributed by atoms with Crippen LogP contribution in [-0.2, 0) is 6.42 Å². The molecule has 0 fully saturated rings. The summed E-state index contributed by atoms with van der Waals surface area (Å²) < 4.78 is 0. The summed E-state index contributed by atoms with van der Waals surface area (Å²) in [5.41, 5.74) is 0.988. The molecule has 1 aromatic rings. The van der Waals surface area contributed by atoms with E-state index in [4.69, 9.17) is 5.11 Å². The van der Waals surface area contributed by atoms with Gasteiger partial charge in [-0.15, -0.1) is 0 Å². The highest BCUT2D eigenvalue weighted by atomic mass is 16.2. The van der Waals surface area contributed by atoms with Gasteiger partial charge in [-0.1, -0.05) is 13.8 Å². The van der Waals surface area contributed by atoms with Crippen molar-refractivity contribution < 1.29 is 5.11 Å². The van der Waals surface area contributed by atoms with E-state index in [2.05, 4.69) is 23.8 Å². The largest absolute Gasteiger partial charge is 0.396 e. The molecule has 0 atom stereocenters. The van der Waals surface area contributed by atoms with Crippen LogP contribution >= 0.6 is 0 Å². The summed E-state index contributed by atoms with van der Waals surface area (Å²) in [7, 11) is 0. The predicted octanol–water partition coefficient (Wildman–Crippen LogP) is 1.13. The van der Waals surface area contributed by atoms with E-state index in [0.29, 0.717) is 12.3 Å². The van der Waals surface area contributed by atoms with Crippen LogP contribution in [0.1, 0.15) is 31.2 Å². The number of hydrogen-bond acceptors (Lipinski definition) is 3. The van der Waals surface area contributed by atoms with E-state index >= 15 is 0 Å². The van der Waals surface area contributed by atoms with Crippen molar-refractivity contribution in [1.82, 2.24) is 9.97 Å². The van der Waals surface area contributed by atoms with Crippen molar-refractivity contribution in [1.29, 1.82) is 0 Å². The van der Waals surface area contributed by atoms with Crippen LogP contribution < -0.4 is 0 Å². The molecule has 0 unspecified atom stereocenters. The van der Waals surface area contributed by atoms with Crippen LogP contribution in [0.3, 0.4) is 0 Å². The topological polar surface area (TPSA) is 46.0 Å². The maximum absolute atomic E-state index is 8.64. The molecule has 0 radical (unpaired) electrons. The number of aliphatic hydroxyl groups excluding tert-OH is 1. The Bertz CT molecular complexity index is 231. The molecule has 1 aromatic heterocycles. The van der Waals surface area contributed by atoms with Gasteiger partial charge < -0.3 is 5.11 Å². The second-order valence-corrected chi connectivity index (χ2v) is 3.08. The van der Waals surface area contributed by atoms with Gasteiger partial charge in [0.25, 0.3) is 0 Å². The number of nitrogens with zero attached hydrogens (tertiary/aromatic N) is 2. The Balaban J connectivity index is 2.71. The van der Waals surface area contributed by atoms with Gasteiger partial charge in [0.2, 0.25) is 0 Å². The predicted molar refractivity (Wildman–Crippen MR) is 46.9 cm³/mol. The molecule has 0 aromatic carbocycles. The molecule has 1 N–H and O–H groups in total. The van der Waals surface area contributed by atoms with E-state index in [9.17, 15) is 0 Å². The van der Waals surface area contributed by atoms with Crippen LogP contribution in [0.2, 0.25) is 0 Å². The summed E-state index contributed by atoms with van der Waals surface area (Å²) in [6.07, 6.45) is 4.19. The average Bonchev–Trinajstić information content (AvgIpc) is 2.06. The van der Waals surface area contributed by atoms with Crippen molar-refractivity contribution in [2.24, 2.45) is 0 Å². The highest BCUT2D eigenvalue weighted by molar-refractivity contribution is 5.06. The van der Waals surface area contributed by atoms with Crippen LogP contribution in [-0.4, -0.2) is 21.7 Å². The van der Waals surface area contributed by atoms with Crippen molar-refractivity contribution in [3.8, 4) is 0 Å². The average molecular weight is 166 g/mol. The highest BCUT2D eigenvalue weighted by Crippen LogP contribution is 2.07. The third-order valence-electron chi connectivity index (χ3n) is 1.64. The van der Waals surface area contributed by atoms with Crippen LogP contribution in [0.15, 0.2) is 12.4 Å². The molecule has 3 heteroatoms. The molecule has 0 amide bonds. The minimum Gasteiger partial charge on any atom is -0.396 e. The number of aromatic nitrogens is 2. The maximum Gasteiger partial charge on any atom is 0.130 e. The van der Waals surface area contributed by atoms with Crippen molar-refractivity contribution in [3.63, 3.8) is 0 Å². The lowest BCUT2D eigenvalue weighted by atomic mass is 10.2. The summed E-state index contributed by atoms with van der Waals surface area (Å²) in [4.78, 5) is 8.35. The number of rotatable bonds is 3. The second-order valence-electron chi connectivity index (χ2n) is 3.08. The molecule has 0 saturated heterocycles. The Morgan fingerprint density at radius 3 is 2.33 bits per heavy atom. The third kappa shape index (κ3) is 2.27. The van der Waals surface area contributed by atoms with Gasteiger partial charge in [0.1, 0.15) is 5.82 Å². The molecule has 1 heterocycles. The Morgan fingerprint density at radius 2 is 1.92 bits per heavy atom. The van der Waals surface area contributed by atoms with Gasteiger partial charge in [0.05, 0.1) is 0 Å². The van der Waals surface area contributed by atoms with E-state index < -0.39 is 0 Å². The SMILES string of the molecule is CC(C)c1ncc(CCO)cn1. The Morgan fingerprint density at radius 1 is 1.33 bits per heavy atom. The van der Waals surface area contributed by atoms with Crippen molar-refractivity contribution >= 4 is 0 Å². The number of aliphatic hydroxyl groups is 1. The van der Waals surface area contributed by atoms with Crippen LogP contribution in [0.4, 0.5) is 0 Å². The van der Waals surface area contributed by atoms with Crippen molar-refractivity contribution in [3.05, 3.63) is 23.8 Å². The molecule has 0 aliphatic carbocycles. The maximum atomic E-state index is 8.64. The minimum atomic E-state index is 0.157. The smallest absolute Gasteiger partial charge is 0.130 e. The zero-order valence-corrected chi connectivity index (χ0v) is 7.49. The molecule has 66 valence electrons. The summed E-state index contributed by atoms with van der Waals surface area (Å²) in [6, 6.07) is 0. The Kier molecular flexibility index (Phi) is 3.17. The van der Waals surface area contributed by atoms with Gasteiger partial charge in [-0.05, 0) is 12.0 Å². The first-order valence-corrected chi connectivity index (χ1v) is 4.15. The quantitative estimate of drug-likeness (QED) is 0.732. The molecule has 0 aliphatic heterocycles. The normalized spacial score (nSPS) is 10.7. The fraction of sp³-hybridized carbons (Fsp3) is 0.556. The second kappa shape index (κ2) is 4.16. The molecule has 12 heavy (non-hydrogen) atoms. The Labute approximate surface area is 72.5 Å². The molecule has 1 rings (SSSR count). The lowest BCUT2D eigenvalue weighted by Gasteiger charge is -2.03. The number of hydrogen-bond donors (Lipinski definition) is 1. The molecule has 0 bridgehead atoms. The fourth-order valence-electron chi connectivity index (χ4n) is 0.921. The molecule has 0 aliphatic rings. The molecular formula is C9H14N2O. The first kappa shape index (κ1) is 9.13. The van der Waals surface area contributed by atoms with E-state index in [-0.39, 0.29) is 6.61 Å². The van der Waals surface area contributed by atoms with Gasteiger partial charge in [0, 0.05) is 24.9 Å². The van der Waals surface area contributed by atoms with Crippen molar-refractivity contribution in [2.75, 3.05) is 6.61 Å². The van der Waals surface area contributed by atoms with Gasteiger partial charge in [-0.25, -0.2) is 9.97 Å². The first-order chi connectivity index (χ1) is 5.74. The summed E-state index contributed by atoms with van der Waals surface area (Å²) >= 11 is 0. The lowest BCUT2D eigenvalue weighted by Crippen LogP contribution is -1.99. The van der Waals surface area contributed by atoms with Gasteiger partial charge in [0.15, 0.2) is 0 Å². The summed E-state index contributed by atoms with van der Waals surface area (Å²) in [5, 5.41) is 8.64. The van der Waals surface area contributed by atoms with Crippen molar-refractivity contribution in [2.45, 2.75) is 26.2 Å². The summed E-state index contributed by atoms with van der Waals surface area (Å²) in [5.74, 6) is 1.23. The van der Waals surface area contributed by atoms with E-state index in [0.717, 1.165) is 11.4 Å². The van der Waals surface area contributed by atoms with E-state index in [1.54, 1.807) is 12.4 Å². The van der Waals surface area contributed by atoms with Crippen LogP contribution in [0.5, 0.6) is 0 Å². The highest BCUT2D eigenvalue weighted by Gasteiger charge is 2.01. The van der Waals surface area contributed by atoms with E-state index in [1.807, 2.05) is 0 Å². The standard InChI is InChI=1S/C9H14N2O/c1-7(2)9-10-5-8(3-4-12)6-11-9/h5-7,12H,3-4H2,1-2H3. The zero-order valence-electron chi connectivity index (χ0n) is 7.49. The first-order valence-electron chi connectivity index (χ1n) is 4.15. The zero-order chi connectivity index (χ0) is 8.97. The molecular weight excluding hydrogens is 152 g/mol. The molecule has 3 nitrogen and oxygen atoms in total. The molecule has 0 spiro atoms. The monoisotopic (exact) mass is 166 g/mol.